The number of carbonyl (C=O) groups is 1. The molecule has 0 saturated heterocycles. The molecule has 0 aliphatic rings. The number of ether oxygens (including phenoxy) is 2. The van der Waals surface area contributed by atoms with Crippen LogP contribution in [0.2, 0.25) is 0 Å². The van der Waals surface area contributed by atoms with Gasteiger partial charge >= 0.3 is 5.97 Å². The molecule has 0 amide bonds. The van der Waals surface area contributed by atoms with Crippen LogP contribution in [0.3, 0.4) is 0 Å². The van der Waals surface area contributed by atoms with Gasteiger partial charge in [0.25, 0.3) is 0 Å². The molecule has 4 aromatic rings. The van der Waals surface area contributed by atoms with Gasteiger partial charge in [-0.1, -0.05) is 18.2 Å². The number of halogens is 2. The average Bonchev–Trinajstić information content (AvgIpc) is 3.19. The molecule has 1 N–H and O–H groups in total. The molecule has 8 heteroatoms. The van der Waals surface area contributed by atoms with E-state index in [0.29, 0.717) is 18.1 Å². The first-order valence-corrected chi connectivity index (χ1v) is 11.2. The molecular formula is C23H19Br2N3O3. The molecule has 3 aromatic carbocycles. The Kier molecular flexibility index (Phi) is 6.58. The van der Waals surface area contributed by atoms with Crippen LogP contribution < -0.4 is 10.1 Å². The Morgan fingerprint density at radius 3 is 2.52 bits per heavy atom. The minimum absolute atomic E-state index is 0.0923. The van der Waals surface area contributed by atoms with Crippen molar-refractivity contribution < 1.29 is 14.3 Å². The summed E-state index contributed by atoms with van der Waals surface area (Å²) in [6, 6.07) is 19.4. The van der Waals surface area contributed by atoms with Crippen LogP contribution in [-0.2, 0) is 9.53 Å². The fraction of sp³-hybridized carbons (Fsp3) is 0.130. The van der Waals surface area contributed by atoms with Crippen LogP contribution in [0, 0.1) is 0 Å². The number of carbonyl (C=O) groups excluding carboxylic acids is 1. The lowest BCUT2D eigenvalue weighted by molar-refractivity contribution is -0.140. The molecule has 0 spiro atoms. The summed E-state index contributed by atoms with van der Waals surface area (Å²) in [4.78, 5) is 11.6. The van der Waals surface area contributed by atoms with E-state index in [1.54, 1.807) is 6.92 Å². The van der Waals surface area contributed by atoms with E-state index in [9.17, 15) is 4.79 Å². The van der Waals surface area contributed by atoms with E-state index < -0.39 is 0 Å². The minimum Gasteiger partial charge on any atom is -0.465 e. The molecule has 0 unspecified atom stereocenters. The van der Waals surface area contributed by atoms with E-state index in [-0.39, 0.29) is 12.5 Å². The normalized spacial score (nSPS) is 10.8. The maximum atomic E-state index is 11.6. The number of esters is 1. The fourth-order valence-corrected chi connectivity index (χ4v) is 4.39. The lowest BCUT2D eigenvalue weighted by atomic mass is 10.2. The van der Waals surface area contributed by atoms with Crippen LogP contribution in [-0.4, -0.2) is 28.9 Å². The quantitative estimate of drug-likeness (QED) is 0.276. The number of anilines is 1. The van der Waals surface area contributed by atoms with Gasteiger partial charge in [0.2, 0.25) is 0 Å². The molecule has 0 saturated carbocycles. The number of rotatable bonds is 7. The summed E-state index contributed by atoms with van der Waals surface area (Å²) in [6.07, 6.45) is 1.98. The van der Waals surface area contributed by atoms with Gasteiger partial charge in [-0.3, -0.25) is 4.79 Å². The highest BCUT2D eigenvalue weighted by atomic mass is 79.9. The number of nitrogens with zero attached hydrogens (tertiary/aromatic N) is 2. The van der Waals surface area contributed by atoms with E-state index in [4.69, 9.17) is 9.47 Å². The molecule has 0 atom stereocenters. The van der Waals surface area contributed by atoms with Gasteiger partial charge in [-0.15, -0.1) is 0 Å². The predicted molar refractivity (Wildman–Crippen MR) is 128 cm³/mol. The van der Waals surface area contributed by atoms with Gasteiger partial charge in [0, 0.05) is 17.3 Å². The van der Waals surface area contributed by atoms with Crippen LogP contribution >= 0.6 is 31.9 Å². The van der Waals surface area contributed by atoms with Gasteiger partial charge in [-0.25, -0.2) is 4.68 Å². The van der Waals surface area contributed by atoms with E-state index in [1.165, 1.54) is 0 Å². The van der Waals surface area contributed by atoms with Crippen molar-refractivity contribution >= 4 is 54.4 Å². The number of aromatic nitrogens is 2. The summed E-state index contributed by atoms with van der Waals surface area (Å²) >= 11 is 7.10. The third-order valence-electron chi connectivity index (χ3n) is 4.46. The predicted octanol–water partition coefficient (Wildman–Crippen LogP) is 6.32. The zero-order valence-electron chi connectivity index (χ0n) is 16.6. The molecule has 6 nitrogen and oxygen atoms in total. The number of benzene rings is 3. The van der Waals surface area contributed by atoms with Crippen LogP contribution in [0.4, 0.5) is 5.69 Å². The SMILES string of the molecule is CCOC(=O)CNc1cc(Br)c(Oc2ccc3nn(-c4ccccc4)cc3c2)c(Br)c1. The van der Waals surface area contributed by atoms with Crippen molar-refractivity contribution in [3.05, 3.63) is 75.8 Å². The van der Waals surface area contributed by atoms with E-state index in [2.05, 4.69) is 42.3 Å². The molecule has 0 radical (unpaired) electrons. The van der Waals surface area contributed by atoms with Crippen LogP contribution in [0.5, 0.6) is 11.5 Å². The number of fused-ring (bicyclic) bond motifs is 1. The highest BCUT2D eigenvalue weighted by Crippen LogP contribution is 2.39. The van der Waals surface area contributed by atoms with Gasteiger partial charge in [0.15, 0.2) is 5.75 Å². The third-order valence-corrected chi connectivity index (χ3v) is 5.64. The van der Waals surface area contributed by atoms with Crippen molar-refractivity contribution in [1.29, 1.82) is 0 Å². The number of para-hydroxylation sites is 1. The second-order valence-corrected chi connectivity index (χ2v) is 8.37. The van der Waals surface area contributed by atoms with Crippen molar-refractivity contribution in [2.75, 3.05) is 18.5 Å². The molecule has 0 aliphatic carbocycles. The number of hydrogen-bond donors (Lipinski definition) is 1. The highest BCUT2D eigenvalue weighted by Gasteiger charge is 2.12. The Hall–Kier alpha value is -2.84. The van der Waals surface area contributed by atoms with Crippen molar-refractivity contribution in [1.82, 2.24) is 9.78 Å². The summed E-state index contributed by atoms with van der Waals surface area (Å²) in [5, 5.41) is 8.64. The van der Waals surface area contributed by atoms with Crippen LogP contribution in [0.25, 0.3) is 16.6 Å². The largest absolute Gasteiger partial charge is 0.465 e. The van der Waals surface area contributed by atoms with Gasteiger partial charge in [0.1, 0.15) is 12.3 Å². The second-order valence-electron chi connectivity index (χ2n) is 6.66. The van der Waals surface area contributed by atoms with Crippen LogP contribution in [0.15, 0.2) is 75.8 Å². The zero-order valence-corrected chi connectivity index (χ0v) is 19.8. The standard InChI is InChI=1S/C23H19Br2N3O3/c1-2-30-22(29)13-26-16-11-19(24)23(20(25)12-16)31-18-8-9-21-15(10-18)14-28(27-21)17-6-4-3-5-7-17/h3-12,14,26H,2,13H2,1H3. The molecular weight excluding hydrogens is 526 g/mol. The van der Waals surface area contributed by atoms with Gasteiger partial charge in [-0.05, 0) is 81.2 Å². The van der Waals surface area contributed by atoms with Gasteiger partial charge in [0.05, 0.1) is 26.8 Å². The Labute approximate surface area is 196 Å². The smallest absolute Gasteiger partial charge is 0.325 e. The molecule has 158 valence electrons. The summed E-state index contributed by atoms with van der Waals surface area (Å²) in [7, 11) is 0. The molecule has 0 fully saturated rings. The highest BCUT2D eigenvalue weighted by molar-refractivity contribution is 9.11. The molecule has 1 heterocycles. The van der Waals surface area contributed by atoms with Gasteiger partial charge < -0.3 is 14.8 Å². The second kappa shape index (κ2) is 9.53. The topological polar surface area (TPSA) is 65.4 Å². The Balaban J connectivity index is 1.53. The summed E-state index contributed by atoms with van der Waals surface area (Å²) in [5.74, 6) is 1.02. The maximum absolute atomic E-state index is 11.6. The van der Waals surface area contributed by atoms with E-state index in [0.717, 1.165) is 31.2 Å². The van der Waals surface area contributed by atoms with Crippen molar-refractivity contribution in [3.8, 4) is 17.2 Å². The maximum Gasteiger partial charge on any atom is 0.325 e. The average molecular weight is 545 g/mol. The monoisotopic (exact) mass is 543 g/mol. The Morgan fingerprint density at radius 2 is 1.81 bits per heavy atom. The fourth-order valence-electron chi connectivity index (χ4n) is 3.04. The molecule has 31 heavy (non-hydrogen) atoms. The summed E-state index contributed by atoms with van der Waals surface area (Å²) in [5.41, 5.74) is 2.64. The first-order chi connectivity index (χ1) is 15.0. The molecule has 1 aromatic heterocycles. The zero-order chi connectivity index (χ0) is 21.8. The minimum atomic E-state index is -0.306. The molecule has 0 bridgehead atoms. The van der Waals surface area contributed by atoms with Crippen molar-refractivity contribution in [2.24, 2.45) is 0 Å². The van der Waals surface area contributed by atoms with E-state index in [1.807, 2.05) is 71.5 Å². The number of nitrogens with one attached hydrogen (secondary N) is 1. The Bertz CT molecular complexity index is 1200. The Morgan fingerprint density at radius 1 is 1.06 bits per heavy atom. The third kappa shape index (κ3) is 5.08. The van der Waals surface area contributed by atoms with Gasteiger partial charge in [-0.2, -0.15) is 5.10 Å². The number of hydrogen-bond acceptors (Lipinski definition) is 5. The van der Waals surface area contributed by atoms with Crippen molar-refractivity contribution in [3.63, 3.8) is 0 Å². The summed E-state index contributed by atoms with van der Waals surface area (Å²) < 4.78 is 14.4. The van der Waals surface area contributed by atoms with Crippen LogP contribution in [0.1, 0.15) is 6.92 Å². The molecule has 0 aliphatic heterocycles. The first kappa shape index (κ1) is 21.4. The summed E-state index contributed by atoms with van der Waals surface area (Å²) in [6.45, 7) is 2.23. The lowest BCUT2D eigenvalue weighted by Gasteiger charge is -2.13. The lowest BCUT2D eigenvalue weighted by Crippen LogP contribution is -2.16. The first-order valence-electron chi connectivity index (χ1n) is 9.64. The molecule has 4 rings (SSSR count). The van der Waals surface area contributed by atoms with E-state index >= 15 is 0 Å². The van der Waals surface area contributed by atoms with Crippen molar-refractivity contribution in [2.45, 2.75) is 6.92 Å².